The minimum Gasteiger partial charge on any atom is -0.481 e. The van der Waals surface area contributed by atoms with Gasteiger partial charge in [-0.15, -0.1) is 0 Å². The van der Waals surface area contributed by atoms with E-state index in [0.717, 1.165) is 26.3 Å². The van der Waals surface area contributed by atoms with E-state index < -0.39 is 11.4 Å². The lowest BCUT2D eigenvalue weighted by molar-refractivity contribution is -0.145. The molecule has 0 atom stereocenters. The first kappa shape index (κ1) is 14.4. The van der Waals surface area contributed by atoms with E-state index in [1.807, 2.05) is 0 Å². The standard InChI is InChI=1S/C6H13NO.C5H10O2/c1-2-7-3-5-8-6-4-7;1-5(2,3)4(6)7/h2-6H2,1H3;1-3H3,(H,6,7). The zero-order valence-electron chi connectivity index (χ0n) is 10.2. The van der Waals surface area contributed by atoms with Crippen LogP contribution in [0.15, 0.2) is 0 Å². The van der Waals surface area contributed by atoms with Gasteiger partial charge in [-0.3, -0.25) is 9.69 Å². The Labute approximate surface area is 92.2 Å². The Hall–Kier alpha value is -0.610. The number of hydrogen-bond donors (Lipinski definition) is 1. The Balaban J connectivity index is 0.000000265. The third-order valence-corrected chi connectivity index (χ3v) is 2.19. The number of carboxylic acid groups (broad SMARTS) is 1. The maximum Gasteiger partial charge on any atom is 0.308 e. The molecule has 1 fully saturated rings. The first-order valence-corrected chi connectivity index (χ1v) is 5.41. The van der Waals surface area contributed by atoms with Gasteiger partial charge >= 0.3 is 5.97 Å². The molecule has 1 N–H and O–H groups in total. The molecule has 0 unspecified atom stereocenters. The van der Waals surface area contributed by atoms with E-state index in [0.29, 0.717) is 0 Å². The predicted octanol–water partition coefficient (Wildman–Crippen LogP) is 1.46. The van der Waals surface area contributed by atoms with Crippen molar-refractivity contribution in [2.24, 2.45) is 5.41 Å². The van der Waals surface area contributed by atoms with Crippen LogP contribution in [0.4, 0.5) is 0 Å². The fourth-order valence-corrected chi connectivity index (χ4v) is 0.917. The lowest BCUT2D eigenvalue weighted by Gasteiger charge is -2.24. The van der Waals surface area contributed by atoms with Gasteiger partial charge in [0.2, 0.25) is 0 Å². The summed E-state index contributed by atoms with van der Waals surface area (Å²) >= 11 is 0. The number of carbonyl (C=O) groups is 1. The number of nitrogens with zero attached hydrogens (tertiary/aromatic N) is 1. The maximum atomic E-state index is 10.0. The summed E-state index contributed by atoms with van der Waals surface area (Å²) in [4.78, 5) is 12.4. The molecular weight excluding hydrogens is 194 g/mol. The molecule has 1 aliphatic rings. The molecule has 0 bridgehead atoms. The van der Waals surface area contributed by atoms with Crippen molar-refractivity contribution >= 4 is 5.97 Å². The minimum absolute atomic E-state index is 0.583. The molecule has 1 saturated heterocycles. The highest BCUT2D eigenvalue weighted by atomic mass is 16.5. The van der Waals surface area contributed by atoms with Crippen LogP contribution in [0, 0.1) is 5.41 Å². The van der Waals surface area contributed by atoms with Crippen molar-refractivity contribution in [3.8, 4) is 0 Å². The molecule has 90 valence electrons. The van der Waals surface area contributed by atoms with Gasteiger partial charge in [-0.25, -0.2) is 0 Å². The summed E-state index contributed by atoms with van der Waals surface area (Å²) in [6.45, 7) is 12.4. The lowest BCUT2D eigenvalue weighted by Crippen LogP contribution is -2.35. The zero-order chi connectivity index (χ0) is 11.9. The summed E-state index contributed by atoms with van der Waals surface area (Å²) < 4.78 is 5.16. The van der Waals surface area contributed by atoms with E-state index in [2.05, 4.69) is 11.8 Å². The predicted molar refractivity (Wildman–Crippen MR) is 60.0 cm³/mol. The van der Waals surface area contributed by atoms with Gasteiger partial charge in [-0.2, -0.15) is 0 Å². The molecule has 0 spiro atoms. The van der Waals surface area contributed by atoms with Gasteiger partial charge in [0.05, 0.1) is 18.6 Å². The maximum absolute atomic E-state index is 10.0. The number of aliphatic carboxylic acids is 1. The van der Waals surface area contributed by atoms with Crippen LogP contribution < -0.4 is 0 Å². The molecule has 0 radical (unpaired) electrons. The molecule has 0 aliphatic carbocycles. The van der Waals surface area contributed by atoms with Crippen LogP contribution >= 0.6 is 0 Å². The highest BCUT2D eigenvalue weighted by molar-refractivity contribution is 5.72. The van der Waals surface area contributed by atoms with Gasteiger partial charge < -0.3 is 9.84 Å². The molecule has 4 nitrogen and oxygen atoms in total. The summed E-state index contributed by atoms with van der Waals surface area (Å²) in [6.07, 6.45) is 0. The van der Waals surface area contributed by atoms with E-state index in [1.165, 1.54) is 6.54 Å². The second-order valence-corrected chi connectivity index (χ2v) is 4.60. The van der Waals surface area contributed by atoms with E-state index in [1.54, 1.807) is 20.8 Å². The molecule has 1 heterocycles. The molecule has 0 aromatic carbocycles. The SMILES string of the molecule is CC(C)(C)C(=O)O.CCN1CCOCC1. The van der Waals surface area contributed by atoms with Crippen molar-refractivity contribution < 1.29 is 14.6 Å². The van der Waals surface area contributed by atoms with E-state index in [9.17, 15) is 4.79 Å². The quantitative estimate of drug-likeness (QED) is 0.722. The second-order valence-electron chi connectivity index (χ2n) is 4.60. The van der Waals surface area contributed by atoms with Crippen LogP contribution in [0.1, 0.15) is 27.7 Å². The van der Waals surface area contributed by atoms with Crippen LogP contribution in [0.3, 0.4) is 0 Å². The number of ether oxygens (including phenoxy) is 1. The summed E-state index contributed by atoms with van der Waals surface area (Å²) in [5.74, 6) is -0.757. The highest BCUT2D eigenvalue weighted by Crippen LogP contribution is 2.11. The van der Waals surface area contributed by atoms with Gasteiger partial charge in [-0.05, 0) is 27.3 Å². The van der Waals surface area contributed by atoms with Gasteiger partial charge in [0, 0.05) is 13.1 Å². The number of carboxylic acids is 1. The minimum atomic E-state index is -0.757. The smallest absolute Gasteiger partial charge is 0.308 e. The first-order valence-electron chi connectivity index (χ1n) is 5.41. The normalized spacial score (nSPS) is 17.9. The molecule has 4 heteroatoms. The Bertz CT molecular complexity index is 181. The molecule has 15 heavy (non-hydrogen) atoms. The van der Waals surface area contributed by atoms with Gasteiger partial charge in [0.15, 0.2) is 0 Å². The molecule has 0 saturated carbocycles. The zero-order valence-corrected chi connectivity index (χ0v) is 10.2. The fourth-order valence-electron chi connectivity index (χ4n) is 0.917. The van der Waals surface area contributed by atoms with Crippen LogP contribution in [0.5, 0.6) is 0 Å². The molecule has 1 rings (SSSR count). The van der Waals surface area contributed by atoms with Crippen molar-refractivity contribution in [1.29, 1.82) is 0 Å². The molecule has 0 aromatic rings. The summed E-state index contributed by atoms with van der Waals surface area (Å²) in [5, 5.41) is 8.25. The molecular formula is C11H23NO3. The van der Waals surface area contributed by atoms with Crippen LogP contribution in [-0.2, 0) is 9.53 Å². The van der Waals surface area contributed by atoms with Crippen molar-refractivity contribution in [3.63, 3.8) is 0 Å². The second kappa shape index (κ2) is 6.80. The highest BCUT2D eigenvalue weighted by Gasteiger charge is 2.18. The summed E-state index contributed by atoms with van der Waals surface area (Å²) in [7, 11) is 0. The topological polar surface area (TPSA) is 49.8 Å². The first-order chi connectivity index (χ1) is 6.88. The van der Waals surface area contributed by atoms with Crippen molar-refractivity contribution in [2.45, 2.75) is 27.7 Å². The Morgan fingerprint density at radius 1 is 1.33 bits per heavy atom. The molecule has 1 aliphatic heterocycles. The van der Waals surface area contributed by atoms with Crippen molar-refractivity contribution in [3.05, 3.63) is 0 Å². The molecule has 0 aromatic heterocycles. The summed E-state index contributed by atoms with van der Waals surface area (Å²) in [5.41, 5.74) is -0.583. The number of morpholine rings is 1. The van der Waals surface area contributed by atoms with E-state index in [4.69, 9.17) is 9.84 Å². The van der Waals surface area contributed by atoms with Gasteiger partial charge in [0.1, 0.15) is 0 Å². The average molecular weight is 217 g/mol. The monoisotopic (exact) mass is 217 g/mol. The lowest BCUT2D eigenvalue weighted by atomic mass is 9.98. The van der Waals surface area contributed by atoms with Gasteiger partial charge in [0.25, 0.3) is 0 Å². The molecule has 0 amide bonds. The average Bonchev–Trinajstić information content (AvgIpc) is 2.18. The Morgan fingerprint density at radius 2 is 1.73 bits per heavy atom. The summed E-state index contributed by atoms with van der Waals surface area (Å²) in [6, 6.07) is 0. The van der Waals surface area contributed by atoms with Crippen molar-refractivity contribution in [2.75, 3.05) is 32.8 Å². The van der Waals surface area contributed by atoms with Crippen LogP contribution in [0.2, 0.25) is 0 Å². The van der Waals surface area contributed by atoms with Crippen LogP contribution in [-0.4, -0.2) is 48.8 Å². The fraction of sp³-hybridized carbons (Fsp3) is 0.909. The Morgan fingerprint density at radius 3 is 1.93 bits per heavy atom. The number of hydrogen-bond acceptors (Lipinski definition) is 3. The van der Waals surface area contributed by atoms with E-state index >= 15 is 0 Å². The van der Waals surface area contributed by atoms with E-state index in [-0.39, 0.29) is 0 Å². The number of likely N-dealkylation sites (N-methyl/N-ethyl adjacent to an activating group) is 1. The van der Waals surface area contributed by atoms with Crippen molar-refractivity contribution in [1.82, 2.24) is 4.90 Å². The largest absolute Gasteiger partial charge is 0.481 e. The third-order valence-electron chi connectivity index (χ3n) is 2.19. The Kier molecular flexibility index (Phi) is 6.52. The number of rotatable bonds is 1. The van der Waals surface area contributed by atoms with Gasteiger partial charge in [-0.1, -0.05) is 6.92 Å². The third kappa shape index (κ3) is 7.33. The van der Waals surface area contributed by atoms with Crippen LogP contribution in [0.25, 0.3) is 0 Å².